The number of benzene rings is 1. The number of carbonyl (C=O) groups is 2. The largest absolute Gasteiger partial charge is 0.480 e. The molecule has 1 unspecified atom stereocenters. The summed E-state index contributed by atoms with van der Waals surface area (Å²) in [4.78, 5) is 36.3. The molecular formula is C23H29NO6. The number of hydrogen-bond donors (Lipinski definition) is 2. The molecule has 162 valence electrons. The van der Waals surface area contributed by atoms with Crippen molar-refractivity contribution in [1.29, 1.82) is 0 Å². The molecule has 30 heavy (non-hydrogen) atoms. The number of ether oxygens (including phenoxy) is 1. The molecule has 7 heteroatoms. The Labute approximate surface area is 175 Å². The monoisotopic (exact) mass is 415 g/mol. The summed E-state index contributed by atoms with van der Waals surface area (Å²) in [5.74, 6) is -1.02. The van der Waals surface area contributed by atoms with E-state index in [0.29, 0.717) is 23.3 Å². The number of aliphatic carboxylic acids is 1. The van der Waals surface area contributed by atoms with Crippen LogP contribution in [0.15, 0.2) is 21.3 Å². The molecule has 1 amide bonds. The van der Waals surface area contributed by atoms with E-state index in [1.165, 1.54) is 0 Å². The molecule has 0 bridgehead atoms. The molecule has 2 N–H and O–H groups in total. The van der Waals surface area contributed by atoms with Gasteiger partial charge in [-0.15, -0.1) is 0 Å². The highest BCUT2D eigenvalue weighted by Crippen LogP contribution is 2.32. The van der Waals surface area contributed by atoms with Gasteiger partial charge in [-0.2, -0.15) is 0 Å². The van der Waals surface area contributed by atoms with E-state index in [1.54, 1.807) is 19.9 Å². The first-order chi connectivity index (χ1) is 14.2. The third kappa shape index (κ3) is 4.50. The predicted octanol–water partition coefficient (Wildman–Crippen LogP) is 3.36. The molecule has 7 nitrogen and oxygen atoms in total. The van der Waals surface area contributed by atoms with Crippen LogP contribution < -0.4 is 15.7 Å². The van der Waals surface area contributed by atoms with Crippen molar-refractivity contribution in [3.05, 3.63) is 39.2 Å². The summed E-state index contributed by atoms with van der Waals surface area (Å²) in [6, 6.07) is 2.68. The highest BCUT2D eigenvalue weighted by molar-refractivity contribution is 5.88. The molecule has 0 fully saturated rings. The van der Waals surface area contributed by atoms with E-state index in [0.717, 1.165) is 42.2 Å². The first kappa shape index (κ1) is 21.9. The minimum Gasteiger partial charge on any atom is -0.480 e. The fraction of sp³-hybridized carbons (Fsp3) is 0.522. The molecule has 0 saturated carbocycles. The minimum atomic E-state index is -1.07. The van der Waals surface area contributed by atoms with Crippen molar-refractivity contribution in [2.45, 2.75) is 71.9 Å². The van der Waals surface area contributed by atoms with Gasteiger partial charge in [0.25, 0.3) is 5.91 Å². The number of hydrogen-bond acceptors (Lipinski definition) is 5. The Balaban J connectivity index is 1.83. The van der Waals surface area contributed by atoms with Crippen molar-refractivity contribution < 1.29 is 23.8 Å². The first-order valence-corrected chi connectivity index (χ1v) is 10.5. The van der Waals surface area contributed by atoms with Gasteiger partial charge in [0, 0.05) is 16.5 Å². The lowest BCUT2D eigenvalue weighted by atomic mass is 9.90. The first-order valence-electron chi connectivity index (χ1n) is 10.5. The maximum absolute atomic E-state index is 12.5. The van der Waals surface area contributed by atoms with Crippen LogP contribution in [-0.4, -0.2) is 29.1 Å². The summed E-state index contributed by atoms with van der Waals surface area (Å²) in [7, 11) is 0. The van der Waals surface area contributed by atoms with Crippen molar-refractivity contribution in [3.8, 4) is 5.75 Å². The molecule has 0 radical (unpaired) electrons. The zero-order valence-electron chi connectivity index (χ0n) is 17.9. The minimum absolute atomic E-state index is 0.124. The van der Waals surface area contributed by atoms with E-state index >= 15 is 0 Å². The van der Waals surface area contributed by atoms with E-state index in [2.05, 4.69) is 5.32 Å². The van der Waals surface area contributed by atoms with Gasteiger partial charge in [0.15, 0.2) is 6.10 Å². The normalized spacial score (nSPS) is 15.5. The zero-order valence-corrected chi connectivity index (χ0v) is 17.9. The van der Waals surface area contributed by atoms with Crippen LogP contribution >= 0.6 is 0 Å². The quantitative estimate of drug-likeness (QED) is 0.672. The SMILES string of the molecule is Cc1c(OC(C)C(=O)N[C@@H](CC(C)C)C(=O)O)ccc2c3c(c(=O)oc12)CCCC3. The number of fused-ring (bicyclic) bond motifs is 3. The topological polar surface area (TPSA) is 106 Å². The van der Waals surface area contributed by atoms with Crippen LogP contribution in [0.2, 0.25) is 0 Å². The van der Waals surface area contributed by atoms with Gasteiger partial charge in [-0.05, 0) is 69.6 Å². The van der Waals surface area contributed by atoms with Crippen LogP contribution in [0.5, 0.6) is 5.75 Å². The summed E-state index contributed by atoms with van der Waals surface area (Å²) in [6.45, 7) is 7.15. The second-order valence-corrected chi connectivity index (χ2v) is 8.41. The lowest BCUT2D eigenvalue weighted by molar-refractivity contribution is -0.143. The van der Waals surface area contributed by atoms with Crippen molar-refractivity contribution in [2.24, 2.45) is 5.92 Å². The standard InChI is InChI=1S/C23H29NO6/c1-12(2)11-18(22(26)27)24-21(25)14(4)29-19-10-9-16-15-7-5-6-8-17(15)23(28)30-20(16)13(19)3/h9-10,12,14,18H,5-8,11H2,1-4H3,(H,24,25)(H,26,27)/t14?,18-/m0/s1. The number of aryl methyl sites for hydroxylation is 2. The number of amides is 1. The van der Waals surface area contributed by atoms with Gasteiger partial charge in [-0.25, -0.2) is 9.59 Å². The van der Waals surface area contributed by atoms with Gasteiger partial charge in [0.1, 0.15) is 17.4 Å². The van der Waals surface area contributed by atoms with Crippen LogP contribution in [0.3, 0.4) is 0 Å². The predicted molar refractivity (Wildman–Crippen MR) is 113 cm³/mol. The third-order valence-corrected chi connectivity index (χ3v) is 5.58. The molecule has 1 aliphatic carbocycles. The fourth-order valence-corrected chi connectivity index (χ4v) is 3.98. The van der Waals surface area contributed by atoms with Crippen molar-refractivity contribution >= 4 is 22.8 Å². The second-order valence-electron chi connectivity index (χ2n) is 8.41. The molecule has 0 aliphatic heterocycles. The summed E-state index contributed by atoms with van der Waals surface area (Å²) in [5.41, 5.74) is 2.63. The van der Waals surface area contributed by atoms with E-state index in [9.17, 15) is 19.5 Å². The van der Waals surface area contributed by atoms with Crippen LogP contribution in [0.25, 0.3) is 11.0 Å². The van der Waals surface area contributed by atoms with Gasteiger partial charge < -0.3 is 19.6 Å². The Kier molecular flexibility index (Phi) is 6.48. The van der Waals surface area contributed by atoms with Crippen molar-refractivity contribution in [1.82, 2.24) is 5.32 Å². The van der Waals surface area contributed by atoms with Gasteiger partial charge in [-0.3, -0.25) is 4.79 Å². The van der Waals surface area contributed by atoms with Crippen LogP contribution in [0.1, 0.15) is 56.7 Å². The van der Waals surface area contributed by atoms with Gasteiger partial charge in [0.2, 0.25) is 0 Å². The lowest BCUT2D eigenvalue weighted by Gasteiger charge is -2.21. The number of carboxylic acid groups (broad SMARTS) is 1. The van der Waals surface area contributed by atoms with Crippen LogP contribution in [0, 0.1) is 12.8 Å². The molecule has 2 aromatic rings. The Morgan fingerprint density at radius 2 is 1.83 bits per heavy atom. The van der Waals surface area contributed by atoms with Gasteiger partial charge in [0.05, 0.1) is 0 Å². The number of carbonyl (C=O) groups excluding carboxylic acids is 1. The lowest BCUT2D eigenvalue weighted by Crippen LogP contribution is -2.46. The van der Waals surface area contributed by atoms with E-state index in [-0.39, 0.29) is 11.5 Å². The summed E-state index contributed by atoms with van der Waals surface area (Å²) < 4.78 is 11.4. The number of nitrogens with one attached hydrogen (secondary N) is 1. The van der Waals surface area contributed by atoms with E-state index < -0.39 is 24.0 Å². The van der Waals surface area contributed by atoms with Crippen molar-refractivity contribution in [2.75, 3.05) is 0 Å². The molecule has 1 aliphatic rings. The molecular weight excluding hydrogens is 386 g/mol. The Bertz CT molecular complexity index is 1020. The Morgan fingerprint density at radius 3 is 2.47 bits per heavy atom. The molecule has 2 atom stereocenters. The molecule has 1 heterocycles. The summed E-state index contributed by atoms with van der Waals surface area (Å²) >= 11 is 0. The molecule has 1 aromatic carbocycles. The fourth-order valence-electron chi connectivity index (χ4n) is 3.98. The highest BCUT2D eigenvalue weighted by atomic mass is 16.5. The smallest absolute Gasteiger partial charge is 0.339 e. The summed E-state index contributed by atoms with van der Waals surface area (Å²) in [5, 5.41) is 12.8. The van der Waals surface area contributed by atoms with Crippen LogP contribution in [-0.2, 0) is 22.4 Å². The van der Waals surface area contributed by atoms with E-state index in [1.807, 2.05) is 19.9 Å². The number of carboxylic acids is 1. The van der Waals surface area contributed by atoms with Crippen molar-refractivity contribution in [3.63, 3.8) is 0 Å². The maximum atomic E-state index is 12.5. The molecule has 1 aromatic heterocycles. The third-order valence-electron chi connectivity index (χ3n) is 5.58. The van der Waals surface area contributed by atoms with E-state index in [4.69, 9.17) is 9.15 Å². The van der Waals surface area contributed by atoms with Gasteiger partial charge >= 0.3 is 11.6 Å². The highest BCUT2D eigenvalue weighted by Gasteiger charge is 2.26. The number of rotatable bonds is 7. The van der Waals surface area contributed by atoms with Gasteiger partial charge in [-0.1, -0.05) is 13.8 Å². The Morgan fingerprint density at radius 1 is 1.17 bits per heavy atom. The maximum Gasteiger partial charge on any atom is 0.339 e. The second kappa shape index (κ2) is 8.90. The Hall–Kier alpha value is -2.83. The molecule has 0 spiro atoms. The zero-order chi connectivity index (χ0) is 22.0. The van der Waals surface area contributed by atoms with Crippen LogP contribution in [0.4, 0.5) is 0 Å². The average molecular weight is 415 g/mol. The molecule has 0 saturated heterocycles. The average Bonchev–Trinajstić information content (AvgIpc) is 2.69. The summed E-state index contributed by atoms with van der Waals surface area (Å²) in [6.07, 6.45) is 3.05. The molecule has 3 rings (SSSR count).